The van der Waals surface area contributed by atoms with Gasteiger partial charge < -0.3 is 9.73 Å². The predicted molar refractivity (Wildman–Crippen MR) is 94.3 cm³/mol. The zero-order valence-corrected chi connectivity index (χ0v) is 15.0. The van der Waals surface area contributed by atoms with Gasteiger partial charge in [-0.15, -0.1) is 5.10 Å². The molecule has 1 N–H and O–H groups in total. The highest BCUT2D eigenvalue weighted by atomic mass is 35.5. The van der Waals surface area contributed by atoms with E-state index in [2.05, 4.69) is 15.5 Å². The molecule has 2 aromatic carbocycles. The lowest BCUT2D eigenvalue weighted by molar-refractivity contribution is 0.0946. The van der Waals surface area contributed by atoms with Crippen LogP contribution in [0.4, 0.5) is 0 Å². The molecule has 0 saturated heterocycles. The normalized spacial score (nSPS) is 11.3. The largest absolute Gasteiger partial charge is 0.411 e. The number of sulfone groups is 1. The summed E-state index contributed by atoms with van der Waals surface area (Å²) < 4.78 is 29.9. The second kappa shape index (κ2) is 7.67. The molecule has 1 heterocycles. The summed E-state index contributed by atoms with van der Waals surface area (Å²) >= 11 is 5.86. The molecule has 0 aliphatic heterocycles. The molecule has 0 saturated carbocycles. The van der Waals surface area contributed by atoms with E-state index in [9.17, 15) is 13.2 Å². The molecule has 0 aliphatic carbocycles. The highest BCUT2D eigenvalue weighted by Crippen LogP contribution is 2.18. The Labute approximate surface area is 154 Å². The molecule has 0 spiro atoms. The van der Waals surface area contributed by atoms with E-state index in [0.717, 1.165) is 0 Å². The predicted octanol–water partition coefficient (Wildman–Crippen LogP) is 2.63. The molecular formula is C17H14ClN3O4S. The fraction of sp³-hybridized carbons (Fsp3) is 0.118. The van der Waals surface area contributed by atoms with E-state index >= 15 is 0 Å². The van der Waals surface area contributed by atoms with E-state index in [4.69, 9.17) is 16.0 Å². The maximum absolute atomic E-state index is 12.4. The average Bonchev–Trinajstić information content (AvgIpc) is 3.10. The standard InChI is InChI=1S/C17H14ClN3O4S/c18-14-8-4-5-12(9-14)11-26(23,24)17-21-20-15(25-17)10-19-16(22)13-6-2-1-3-7-13/h1-9H,10-11H2,(H,19,22). The van der Waals surface area contributed by atoms with Crippen molar-refractivity contribution in [2.45, 2.75) is 17.5 Å². The summed E-state index contributed by atoms with van der Waals surface area (Å²) in [5, 5.41) is 9.77. The number of amides is 1. The third-order valence-corrected chi connectivity index (χ3v) is 5.04. The number of aromatic nitrogens is 2. The monoisotopic (exact) mass is 391 g/mol. The van der Waals surface area contributed by atoms with Crippen LogP contribution < -0.4 is 5.32 Å². The van der Waals surface area contributed by atoms with Gasteiger partial charge in [0.05, 0.1) is 12.3 Å². The van der Waals surface area contributed by atoms with Crippen molar-refractivity contribution in [3.05, 3.63) is 76.6 Å². The third kappa shape index (κ3) is 4.47. The number of nitrogens with zero attached hydrogens (tertiary/aromatic N) is 2. The lowest BCUT2D eigenvalue weighted by Gasteiger charge is -2.02. The van der Waals surface area contributed by atoms with Crippen LogP contribution >= 0.6 is 11.6 Å². The van der Waals surface area contributed by atoms with Gasteiger partial charge in [-0.1, -0.05) is 47.0 Å². The van der Waals surface area contributed by atoms with Crippen LogP contribution in [-0.4, -0.2) is 24.5 Å². The zero-order valence-electron chi connectivity index (χ0n) is 13.4. The SMILES string of the molecule is O=C(NCc1nnc(S(=O)(=O)Cc2cccc(Cl)c2)o1)c1ccccc1. The Balaban J connectivity index is 1.66. The molecule has 1 aromatic heterocycles. The summed E-state index contributed by atoms with van der Waals surface area (Å²) in [5.41, 5.74) is 0.982. The lowest BCUT2D eigenvalue weighted by atomic mass is 10.2. The minimum Gasteiger partial charge on any atom is -0.411 e. The second-order valence-electron chi connectivity index (χ2n) is 5.40. The number of rotatable bonds is 6. The topological polar surface area (TPSA) is 102 Å². The first-order valence-corrected chi connectivity index (χ1v) is 9.60. The highest BCUT2D eigenvalue weighted by molar-refractivity contribution is 7.90. The number of hydrogen-bond acceptors (Lipinski definition) is 6. The summed E-state index contributed by atoms with van der Waals surface area (Å²) in [6.07, 6.45) is 0. The highest BCUT2D eigenvalue weighted by Gasteiger charge is 2.23. The molecule has 0 bridgehead atoms. The molecule has 1 amide bonds. The van der Waals surface area contributed by atoms with Crippen LogP contribution in [0.2, 0.25) is 5.02 Å². The summed E-state index contributed by atoms with van der Waals surface area (Å²) in [6, 6.07) is 15.1. The van der Waals surface area contributed by atoms with Gasteiger partial charge in [-0.25, -0.2) is 8.42 Å². The number of benzene rings is 2. The first-order chi connectivity index (χ1) is 12.4. The molecular weight excluding hydrogens is 378 g/mol. The van der Waals surface area contributed by atoms with E-state index in [-0.39, 0.29) is 24.1 Å². The molecule has 3 aromatic rings. The average molecular weight is 392 g/mol. The van der Waals surface area contributed by atoms with Crippen molar-refractivity contribution < 1.29 is 17.6 Å². The molecule has 7 nitrogen and oxygen atoms in total. The van der Waals surface area contributed by atoms with Crippen LogP contribution in [0.5, 0.6) is 0 Å². The van der Waals surface area contributed by atoms with Gasteiger partial charge in [-0.2, -0.15) is 0 Å². The van der Waals surface area contributed by atoms with Crippen LogP contribution in [0, 0.1) is 0 Å². The van der Waals surface area contributed by atoms with Gasteiger partial charge in [-0.05, 0) is 29.8 Å². The number of carbonyl (C=O) groups is 1. The van der Waals surface area contributed by atoms with Crippen LogP contribution in [0.15, 0.2) is 64.2 Å². The van der Waals surface area contributed by atoms with E-state index in [1.807, 2.05) is 0 Å². The Bertz CT molecular complexity index is 1020. The van der Waals surface area contributed by atoms with E-state index < -0.39 is 15.1 Å². The number of halogens is 1. The minimum atomic E-state index is -3.81. The zero-order chi connectivity index (χ0) is 18.6. The van der Waals surface area contributed by atoms with Crippen molar-refractivity contribution in [3.8, 4) is 0 Å². The van der Waals surface area contributed by atoms with Crippen LogP contribution in [-0.2, 0) is 22.1 Å². The van der Waals surface area contributed by atoms with Gasteiger partial charge in [0.2, 0.25) is 15.7 Å². The van der Waals surface area contributed by atoms with Crippen molar-refractivity contribution in [2.24, 2.45) is 0 Å². The Morgan fingerprint density at radius 1 is 1.08 bits per heavy atom. The molecule has 0 radical (unpaired) electrons. The summed E-state index contributed by atoms with van der Waals surface area (Å²) in [5.74, 6) is -0.642. The summed E-state index contributed by atoms with van der Waals surface area (Å²) in [6.45, 7) is -0.0760. The van der Waals surface area contributed by atoms with Gasteiger partial charge in [0.15, 0.2) is 0 Å². The van der Waals surface area contributed by atoms with Crippen molar-refractivity contribution >= 4 is 27.3 Å². The molecule has 0 fully saturated rings. The first kappa shape index (κ1) is 18.1. The molecule has 9 heteroatoms. The van der Waals surface area contributed by atoms with Crippen molar-refractivity contribution in [1.82, 2.24) is 15.5 Å². The number of nitrogens with one attached hydrogen (secondary N) is 1. The maximum atomic E-state index is 12.4. The minimum absolute atomic E-state index is 0.000972. The van der Waals surface area contributed by atoms with Gasteiger partial charge >= 0.3 is 5.22 Å². The van der Waals surface area contributed by atoms with Crippen LogP contribution in [0.3, 0.4) is 0 Å². The third-order valence-electron chi connectivity index (χ3n) is 3.40. The molecule has 3 rings (SSSR count). The second-order valence-corrected chi connectivity index (χ2v) is 7.70. The van der Waals surface area contributed by atoms with Crippen LogP contribution in [0.1, 0.15) is 21.8 Å². The fourth-order valence-corrected chi connectivity index (χ4v) is 3.53. The van der Waals surface area contributed by atoms with Gasteiger partial charge in [0.1, 0.15) is 0 Å². The Morgan fingerprint density at radius 2 is 1.85 bits per heavy atom. The number of carbonyl (C=O) groups excluding carboxylic acids is 1. The van der Waals surface area contributed by atoms with Gasteiger partial charge in [-0.3, -0.25) is 4.79 Å². The van der Waals surface area contributed by atoms with Crippen LogP contribution in [0.25, 0.3) is 0 Å². The lowest BCUT2D eigenvalue weighted by Crippen LogP contribution is -2.22. The Kier molecular flexibility index (Phi) is 5.34. The van der Waals surface area contributed by atoms with E-state index in [0.29, 0.717) is 16.1 Å². The Hall–Kier alpha value is -2.71. The van der Waals surface area contributed by atoms with Gasteiger partial charge in [0.25, 0.3) is 5.91 Å². The van der Waals surface area contributed by atoms with E-state index in [1.54, 1.807) is 54.6 Å². The molecule has 0 unspecified atom stereocenters. The molecule has 0 atom stereocenters. The van der Waals surface area contributed by atoms with Crippen molar-refractivity contribution in [1.29, 1.82) is 0 Å². The molecule has 26 heavy (non-hydrogen) atoms. The Morgan fingerprint density at radius 3 is 2.58 bits per heavy atom. The molecule has 134 valence electrons. The summed E-state index contributed by atoms with van der Waals surface area (Å²) in [4.78, 5) is 12.0. The quantitative estimate of drug-likeness (QED) is 0.693. The molecule has 0 aliphatic rings. The van der Waals surface area contributed by atoms with E-state index in [1.165, 1.54) is 0 Å². The van der Waals surface area contributed by atoms with Gasteiger partial charge in [0, 0.05) is 10.6 Å². The van der Waals surface area contributed by atoms with Crippen molar-refractivity contribution in [2.75, 3.05) is 0 Å². The smallest absolute Gasteiger partial charge is 0.335 e. The number of hydrogen-bond donors (Lipinski definition) is 1. The maximum Gasteiger partial charge on any atom is 0.335 e. The summed E-state index contributed by atoms with van der Waals surface area (Å²) in [7, 11) is -3.81. The van der Waals surface area contributed by atoms with Crippen molar-refractivity contribution in [3.63, 3.8) is 0 Å². The first-order valence-electron chi connectivity index (χ1n) is 7.57. The fourth-order valence-electron chi connectivity index (χ4n) is 2.19.